The van der Waals surface area contributed by atoms with Crippen LogP contribution in [0, 0.1) is 0 Å². The lowest BCUT2D eigenvalue weighted by Gasteiger charge is -2.24. The van der Waals surface area contributed by atoms with E-state index < -0.39 is 40.8 Å². The first kappa shape index (κ1) is 23.5. The summed E-state index contributed by atoms with van der Waals surface area (Å²) in [4.78, 5) is 37.8. The first-order valence-corrected chi connectivity index (χ1v) is 11.5. The lowest BCUT2D eigenvalue weighted by Crippen LogP contribution is -2.41. The molecule has 4 atom stereocenters. The first-order chi connectivity index (χ1) is 16.5. The number of carbonyl (C=O) groups is 3. The van der Waals surface area contributed by atoms with Crippen LogP contribution in [0.25, 0.3) is 0 Å². The number of rotatable bonds is 7. The largest absolute Gasteiger partial charge is 0.461 e. The van der Waals surface area contributed by atoms with Gasteiger partial charge in [0.15, 0.2) is 12.2 Å². The van der Waals surface area contributed by atoms with E-state index in [1.165, 1.54) is 0 Å². The van der Waals surface area contributed by atoms with Crippen molar-refractivity contribution in [1.82, 2.24) is 0 Å². The molecule has 0 aromatic heterocycles. The van der Waals surface area contributed by atoms with Gasteiger partial charge in [0.2, 0.25) is 0 Å². The summed E-state index contributed by atoms with van der Waals surface area (Å²) in [5, 5.41) is 10.00. The molecule has 1 fully saturated rings. The van der Waals surface area contributed by atoms with Gasteiger partial charge < -0.3 is 19.3 Å². The molecule has 1 aliphatic heterocycles. The van der Waals surface area contributed by atoms with Crippen molar-refractivity contribution in [2.75, 3.05) is 6.61 Å². The zero-order valence-electron chi connectivity index (χ0n) is 18.0. The Kier molecular flexibility index (Phi) is 7.61. The third kappa shape index (κ3) is 5.65. The molecule has 0 saturated carbocycles. The molecule has 1 heterocycles. The number of ether oxygens (including phenoxy) is 3. The molecule has 0 aliphatic carbocycles. The normalized spacial score (nSPS) is 21.4. The van der Waals surface area contributed by atoms with Crippen LogP contribution < -0.4 is 0 Å². The minimum absolute atomic E-state index is 0.151. The molecule has 1 N–H and O–H groups in total. The van der Waals surface area contributed by atoms with Gasteiger partial charge in [0.25, 0.3) is 0 Å². The number of aliphatic hydroxyl groups is 1. The Morgan fingerprint density at radius 2 is 1.06 bits per heavy atom. The van der Waals surface area contributed by atoms with Crippen LogP contribution in [0.5, 0.6) is 0 Å². The maximum absolute atomic E-state index is 12.8. The molecule has 0 bridgehead atoms. The van der Waals surface area contributed by atoms with E-state index in [0.717, 1.165) is 11.8 Å². The van der Waals surface area contributed by atoms with Gasteiger partial charge in [-0.05, 0) is 36.4 Å². The summed E-state index contributed by atoms with van der Waals surface area (Å²) >= 11 is 1.02. The van der Waals surface area contributed by atoms with Gasteiger partial charge in [0.05, 0.1) is 21.9 Å². The van der Waals surface area contributed by atoms with Gasteiger partial charge in [0.1, 0.15) is 12.0 Å². The zero-order valence-corrected chi connectivity index (χ0v) is 18.8. The summed E-state index contributed by atoms with van der Waals surface area (Å²) in [5.74, 6) is -1.85. The predicted octanol–water partition coefficient (Wildman–Crippen LogP) is 3.73. The minimum atomic E-state index is -1.18. The van der Waals surface area contributed by atoms with Crippen LogP contribution >= 0.6 is 11.8 Å². The molecule has 34 heavy (non-hydrogen) atoms. The molecule has 8 heteroatoms. The monoisotopic (exact) mass is 478 g/mol. The summed E-state index contributed by atoms with van der Waals surface area (Å²) in [7, 11) is 0. The van der Waals surface area contributed by atoms with Crippen molar-refractivity contribution in [3.63, 3.8) is 0 Å². The summed E-state index contributed by atoms with van der Waals surface area (Å²) < 4.78 is 16.6. The molecule has 3 aromatic carbocycles. The second-order valence-electron chi connectivity index (χ2n) is 7.50. The predicted molar refractivity (Wildman–Crippen MR) is 125 cm³/mol. The molecule has 1 saturated heterocycles. The fraction of sp³-hybridized carbons (Fsp3) is 0.192. The van der Waals surface area contributed by atoms with E-state index in [0.29, 0.717) is 16.7 Å². The molecular formula is C26H22O7S. The summed E-state index contributed by atoms with van der Waals surface area (Å²) in [6, 6.07) is 25.1. The lowest BCUT2D eigenvalue weighted by molar-refractivity contribution is -0.0557. The quantitative estimate of drug-likeness (QED) is 0.405. The smallest absolute Gasteiger partial charge is 0.338 e. The highest BCUT2D eigenvalue weighted by Crippen LogP contribution is 2.38. The van der Waals surface area contributed by atoms with Crippen molar-refractivity contribution in [3.8, 4) is 0 Å². The van der Waals surface area contributed by atoms with E-state index in [1.807, 2.05) is 0 Å². The highest BCUT2D eigenvalue weighted by atomic mass is 32.2. The Labute approximate surface area is 200 Å². The number of hydrogen-bond acceptors (Lipinski definition) is 8. The van der Waals surface area contributed by atoms with E-state index in [1.54, 1.807) is 91.0 Å². The van der Waals surface area contributed by atoms with Crippen molar-refractivity contribution in [2.45, 2.75) is 22.9 Å². The van der Waals surface area contributed by atoms with Crippen molar-refractivity contribution < 1.29 is 33.7 Å². The number of thioether (sulfide) groups is 1. The molecule has 3 aromatic rings. The van der Waals surface area contributed by atoms with E-state index in [2.05, 4.69) is 0 Å². The Bertz CT molecular complexity index is 1120. The second-order valence-corrected chi connectivity index (χ2v) is 8.86. The SMILES string of the molecule is O=C(OC[C@H]1S[C@@H](O)[C@H](OC(=O)c2ccccc2)[C@@H]1OC(=O)c1ccccc1)c1ccccc1. The molecule has 0 spiro atoms. The van der Waals surface area contributed by atoms with Crippen molar-refractivity contribution in [2.24, 2.45) is 0 Å². The van der Waals surface area contributed by atoms with Gasteiger partial charge in [-0.25, -0.2) is 14.4 Å². The molecule has 174 valence electrons. The molecule has 7 nitrogen and oxygen atoms in total. The van der Waals surface area contributed by atoms with Gasteiger partial charge in [-0.1, -0.05) is 54.6 Å². The maximum Gasteiger partial charge on any atom is 0.338 e. The lowest BCUT2D eigenvalue weighted by atomic mass is 10.1. The summed E-state index contributed by atoms with van der Waals surface area (Å²) in [6.45, 7) is -0.151. The van der Waals surface area contributed by atoms with E-state index in [4.69, 9.17) is 14.2 Å². The Balaban J connectivity index is 1.51. The van der Waals surface area contributed by atoms with Crippen LogP contribution in [0.15, 0.2) is 91.0 Å². The Morgan fingerprint density at radius 1 is 0.647 bits per heavy atom. The molecule has 1 aliphatic rings. The number of aliphatic hydroxyl groups excluding tert-OH is 1. The fourth-order valence-electron chi connectivity index (χ4n) is 3.46. The van der Waals surface area contributed by atoms with Gasteiger partial charge in [-0.3, -0.25) is 0 Å². The highest BCUT2D eigenvalue weighted by Gasteiger charge is 2.49. The molecular weight excluding hydrogens is 456 g/mol. The standard InChI is InChI=1S/C26H22O7S/c27-23(17-10-4-1-5-11-17)31-16-20-21(32-24(28)18-12-6-2-7-13-18)22(26(30)34-20)33-25(29)19-14-8-3-9-15-19/h1-15,20-22,26,30H,16H2/t20-,21-,22-,26-/m1/s1. The van der Waals surface area contributed by atoms with Crippen molar-refractivity contribution in [3.05, 3.63) is 108 Å². The Morgan fingerprint density at radius 3 is 1.53 bits per heavy atom. The van der Waals surface area contributed by atoms with Crippen LogP contribution in [0.4, 0.5) is 0 Å². The van der Waals surface area contributed by atoms with Crippen LogP contribution in [0.2, 0.25) is 0 Å². The van der Waals surface area contributed by atoms with E-state index in [9.17, 15) is 19.5 Å². The van der Waals surface area contributed by atoms with Crippen molar-refractivity contribution >= 4 is 29.7 Å². The second kappa shape index (κ2) is 11.0. The third-order valence-electron chi connectivity index (χ3n) is 5.18. The average molecular weight is 479 g/mol. The third-order valence-corrected chi connectivity index (χ3v) is 6.48. The molecule has 0 unspecified atom stereocenters. The minimum Gasteiger partial charge on any atom is -0.461 e. The first-order valence-electron chi connectivity index (χ1n) is 10.6. The topological polar surface area (TPSA) is 99.1 Å². The molecule has 4 rings (SSSR count). The highest BCUT2D eigenvalue weighted by molar-refractivity contribution is 8.00. The van der Waals surface area contributed by atoms with Gasteiger partial charge in [-0.2, -0.15) is 0 Å². The Hall–Kier alpha value is -3.62. The number of hydrogen-bond donors (Lipinski definition) is 1. The van der Waals surface area contributed by atoms with E-state index in [-0.39, 0.29) is 6.61 Å². The van der Waals surface area contributed by atoms with Crippen LogP contribution in [-0.2, 0) is 14.2 Å². The number of esters is 3. The van der Waals surface area contributed by atoms with Crippen LogP contribution in [-0.4, -0.2) is 52.5 Å². The fourth-order valence-corrected chi connectivity index (χ4v) is 4.69. The average Bonchev–Trinajstić information content (AvgIpc) is 3.17. The summed E-state index contributed by atoms with van der Waals surface area (Å²) in [6.07, 6.45) is -2.19. The number of carbonyl (C=O) groups excluding carboxylic acids is 3. The zero-order chi connectivity index (χ0) is 23.9. The van der Waals surface area contributed by atoms with Crippen LogP contribution in [0.3, 0.4) is 0 Å². The summed E-state index contributed by atoms with van der Waals surface area (Å²) in [5.41, 5.74) is -0.202. The van der Waals surface area contributed by atoms with Gasteiger partial charge in [-0.15, -0.1) is 11.8 Å². The maximum atomic E-state index is 12.8. The van der Waals surface area contributed by atoms with Crippen LogP contribution in [0.1, 0.15) is 31.1 Å². The van der Waals surface area contributed by atoms with Gasteiger partial charge in [0, 0.05) is 0 Å². The van der Waals surface area contributed by atoms with E-state index >= 15 is 0 Å². The number of benzene rings is 3. The van der Waals surface area contributed by atoms with Crippen molar-refractivity contribution in [1.29, 1.82) is 0 Å². The molecule has 0 radical (unpaired) electrons. The molecule has 0 amide bonds. The van der Waals surface area contributed by atoms with Gasteiger partial charge >= 0.3 is 17.9 Å².